The second kappa shape index (κ2) is 7.43. The highest BCUT2D eigenvalue weighted by Crippen LogP contribution is 2.27. The summed E-state index contributed by atoms with van der Waals surface area (Å²) in [5.74, 6) is -0.484. The van der Waals surface area contributed by atoms with Crippen LogP contribution in [0.15, 0.2) is 36.4 Å². The van der Waals surface area contributed by atoms with Gasteiger partial charge >= 0.3 is 0 Å². The van der Waals surface area contributed by atoms with E-state index >= 15 is 0 Å². The normalized spacial score (nSPS) is 10.0. The van der Waals surface area contributed by atoms with Crippen molar-refractivity contribution in [1.82, 2.24) is 5.32 Å². The maximum atomic E-state index is 12.5. The van der Waals surface area contributed by atoms with E-state index in [1.54, 1.807) is 12.1 Å². The number of nitro benzene ring substituents is 1. The van der Waals surface area contributed by atoms with E-state index in [1.165, 1.54) is 45.3 Å². The lowest BCUT2D eigenvalue weighted by atomic mass is 10.1. The predicted octanol–water partition coefficient (Wildman–Crippen LogP) is 2.52. The fourth-order valence-electron chi connectivity index (χ4n) is 2.35. The lowest BCUT2D eigenvalue weighted by Crippen LogP contribution is -2.19. The van der Waals surface area contributed by atoms with E-state index in [9.17, 15) is 19.7 Å². The fraction of sp³-hybridized carbons (Fsp3) is 0.176. The lowest BCUT2D eigenvalue weighted by Gasteiger charge is -2.13. The predicted molar refractivity (Wildman–Crippen MR) is 92.2 cm³/mol. The Balaban J connectivity index is 2.39. The van der Waals surface area contributed by atoms with Crippen LogP contribution in [0.2, 0.25) is 0 Å². The molecule has 130 valence electrons. The number of amides is 2. The Bertz CT molecular complexity index is 848. The van der Waals surface area contributed by atoms with E-state index in [2.05, 4.69) is 10.6 Å². The Kier molecular flexibility index (Phi) is 5.33. The third-order valence-electron chi connectivity index (χ3n) is 3.68. The Morgan fingerprint density at radius 1 is 1.16 bits per heavy atom. The molecule has 0 saturated heterocycles. The summed E-state index contributed by atoms with van der Waals surface area (Å²) >= 11 is 0. The van der Waals surface area contributed by atoms with Crippen LogP contribution in [-0.4, -0.2) is 30.9 Å². The highest BCUT2D eigenvalue weighted by Gasteiger charge is 2.19. The molecule has 25 heavy (non-hydrogen) atoms. The molecule has 0 heterocycles. The molecular weight excluding hydrogens is 326 g/mol. The van der Waals surface area contributed by atoms with Crippen molar-refractivity contribution in [3.8, 4) is 5.75 Å². The number of nitrogens with one attached hydrogen (secondary N) is 2. The van der Waals surface area contributed by atoms with Gasteiger partial charge in [0.15, 0.2) is 0 Å². The van der Waals surface area contributed by atoms with Crippen molar-refractivity contribution in [3.63, 3.8) is 0 Å². The van der Waals surface area contributed by atoms with Gasteiger partial charge in [-0.2, -0.15) is 0 Å². The number of rotatable bonds is 5. The summed E-state index contributed by atoms with van der Waals surface area (Å²) in [7, 11) is 2.93. The zero-order valence-electron chi connectivity index (χ0n) is 14.0. The van der Waals surface area contributed by atoms with Crippen LogP contribution in [0.4, 0.5) is 11.4 Å². The molecule has 8 nitrogen and oxygen atoms in total. The maximum Gasteiger partial charge on any atom is 0.273 e. The van der Waals surface area contributed by atoms with Crippen molar-refractivity contribution in [1.29, 1.82) is 0 Å². The van der Waals surface area contributed by atoms with Crippen LogP contribution in [0.3, 0.4) is 0 Å². The number of nitrogens with zero attached hydrogens (tertiary/aromatic N) is 1. The zero-order valence-corrected chi connectivity index (χ0v) is 14.0. The number of hydrogen-bond acceptors (Lipinski definition) is 5. The van der Waals surface area contributed by atoms with Gasteiger partial charge in [0.25, 0.3) is 17.5 Å². The molecule has 0 spiro atoms. The summed E-state index contributed by atoms with van der Waals surface area (Å²) in [6.45, 7) is 1.51. The van der Waals surface area contributed by atoms with Crippen molar-refractivity contribution in [3.05, 3.63) is 63.2 Å². The third-order valence-corrected chi connectivity index (χ3v) is 3.68. The van der Waals surface area contributed by atoms with E-state index in [0.717, 1.165) is 0 Å². The molecular formula is C17H17N3O5. The molecule has 0 aliphatic rings. The standard InChI is InChI=1S/C17H17N3O5/c1-10-12(5-4-6-14(10)20(23)24)17(22)19-13-9-11(16(21)18-2)7-8-15(13)25-3/h4-9H,1-3H3,(H,18,21)(H,19,22). The second-order valence-electron chi connectivity index (χ2n) is 5.16. The van der Waals surface area contributed by atoms with Gasteiger partial charge in [0.1, 0.15) is 5.75 Å². The molecule has 8 heteroatoms. The summed E-state index contributed by atoms with van der Waals surface area (Å²) in [6.07, 6.45) is 0. The average molecular weight is 343 g/mol. The molecule has 2 amide bonds. The monoisotopic (exact) mass is 343 g/mol. The summed E-state index contributed by atoms with van der Waals surface area (Å²) in [4.78, 5) is 34.8. The van der Waals surface area contributed by atoms with E-state index in [4.69, 9.17) is 4.74 Å². The van der Waals surface area contributed by atoms with Crippen LogP contribution in [0.25, 0.3) is 0 Å². The van der Waals surface area contributed by atoms with Gasteiger partial charge in [-0.3, -0.25) is 19.7 Å². The molecule has 0 aromatic heterocycles. The number of methoxy groups -OCH3 is 1. The average Bonchev–Trinajstić information content (AvgIpc) is 2.60. The number of ether oxygens (including phenoxy) is 1. The van der Waals surface area contributed by atoms with Crippen molar-refractivity contribution in [2.75, 3.05) is 19.5 Å². The number of anilines is 1. The summed E-state index contributed by atoms with van der Waals surface area (Å²) < 4.78 is 5.19. The van der Waals surface area contributed by atoms with Gasteiger partial charge in [0.05, 0.1) is 17.7 Å². The number of nitro groups is 1. The van der Waals surface area contributed by atoms with Gasteiger partial charge < -0.3 is 15.4 Å². The minimum atomic E-state index is -0.543. The first-order valence-electron chi connectivity index (χ1n) is 7.34. The molecule has 2 aromatic rings. The highest BCUT2D eigenvalue weighted by atomic mass is 16.6. The van der Waals surface area contributed by atoms with Crippen molar-refractivity contribution in [2.45, 2.75) is 6.92 Å². The second-order valence-corrected chi connectivity index (χ2v) is 5.16. The first kappa shape index (κ1) is 17.9. The van der Waals surface area contributed by atoms with Crippen LogP contribution >= 0.6 is 0 Å². The zero-order chi connectivity index (χ0) is 18.6. The largest absolute Gasteiger partial charge is 0.495 e. The Hall–Kier alpha value is -3.42. The molecule has 2 rings (SSSR count). The van der Waals surface area contributed by atoms with E-state index in [0.29, 0.717) is 17.0 Å². The number of benzene rings is 2. The molecule has 0 aliphatic carbocycles. The first-order valence-corrected chi connectivity index (χ1v) is 7.34. The minimum Gasteiger partial charge on any atom is -0.495 e. The fourth-order valence-corrected chi connectivity index (χ4v) is 2.35. The van der Waals surface area contributed by atoms with Gasteiger partial charge in [0.2, 0.25) is 0 Å². The van der Waals surface area contributed by atoms with Crippen LogP contribution in [0.5, 0.6) is 5.75 Å². The van der Waals surface area contributed by atoms with E-state index in [-0.39, 0.29) is 22.7 Å². The lowest BCUT2D eigenvalue weighted by molar-refractivity contribution is -0.385. The van der Waals surface area contributed by atoms with Crippen molar-refractivity contribution >= 4 is 23.2 Å². The van der Waals surface area contributed by atoms with Crippen LogP contribution < -0.4 is 15.4 Å². The van der Waals surface area contributed by atoms with Gasteiger partial charge in [-0.05, 0) is 31.2 Å². The van der Waals surface area contributed by atoms with Gasteiger partial charge in [-0.1, -0.05) is 6.07 Å². The Morgan fingerprint density at radius 3 is 2.48 bits per heavy atom. The smallest absolute Gasteiger partial charge is 0.273 e. The quantitative estimate of drug-likeness (QED) is 0.640. The van der Waals surface area contributed by atoms with Crippen molar-refractivity contribution in [2.24, 2.45) is 0 Å². The molecule has 2 N–H and O–H groups in total. The summed E-state index contributed by atoms with van der Waals surface area (Å²) in [5.41, 5.74) is 0.917. The van der Waals surface area contributed by atoms with Crippen molar-refractivity contribution < 1.29 is 19.2 Å². The van der Waals surface area contributed by atoms with E-state index in [1.807, 2.05) is 0 Å². The molecule has 0 unspecified atom stereocenters. The molecule has 0 atom stereocenters. The van der Waals surface area contributed by atoms with Crippen LogP contribution in [0, 0.1) is 17.0 Å². The first-order chi connectivity index (χ1) is 11.9. The molecule has 0 radical (unpaired) electrons. The minimum absolute atomic E-state index is 0.140. The van der Waals surface area contributed by atoms with Gasteiger partial charge in [0, 0.05) is 29.8 Å². The molecule has 0 aliphatic heterocycles. The van der Waals surface area contributed by atoms with Gasteiger partial charge in [-0.15, -0.1) is 0 Å². The molecule has 0 bridgehead atoms. The summed E-state index contributed by atoms with van der Waals surface area (Å²) in [6, 6.07) is 8.86. The Morgan fingerprint density at radius 2 is 1.88 bits per heavy atom. The van der Waals surface area contributed by atoms with Gasteiger partial charge in [-0.25, -0.2) is 0 Å². The van der Waals surface area contributed by atoms with Crippen LogP contribution in [-0.2, 0) is 0 Å². The molecule has 2 aromatic carbocycles. The molecule has 0 saturated carbocycles. The molecule has 0 fully saturated rings. The highest BCUT2D eigenvalue weighted by molar-refractivity contribution is 6.07. The number of carbonyl (C=O) groups excluding carboxylic acids is 2. The Labute approximate surface area is 144 Å². The number of carbonyl (C=O) groups is 2. The maximum absolute atomic E-state index is 12.5. The summed E-state index contributed by atoms with van der Waals surface area (Å²) in [5, 5.41) is 16.1. The topological polar surface area (TPSA) is 111 Å². The number of hydrogen-bond donors (Lipinski definition) is 2. The third kappa shape index (κ3) is 3.74. The van der Waals surface area contributed by atoms with Crippen LogP contribution in [0.1, 0.15) is 26.3 Å². The SMILES string of the molecule is CNC(=O)c1ccc(OC)c(NC(=O)c2cccc([N+](=O)[O-])c2C)c1. The van der Waals surface area contributed by atoms with E-state index < -0.39 is 10.8 Å².